The summed E-state index contributed by atoms with van der Waals surface area (Å²) in [4.78, 5) is 12.2. The number of ketones is 1. The number of thiocarbonyl (C=S) groups is 1. The molecule has 3 nitrogen and oxygen atoms in total. The number of hydrogen-bond acceptors (Lipinski definition) is 3. The Kier molecular flexibility index (Phi) is 4.62. The molecule has 0 aliphatic rings. The van der Waals surface area contributed by atoms with Crippen molar-refractivity contribution < 1.29 is 4.79 Å². The first-order valence-electron chi connectivity index (χ1n) is 4.97. The summed E-state index contributed by atoms with van der Waals surface area (Å²) in [5.74, 6) is -1.15. The summed E-state index contributed by atoms with van der Waals surface area (Å²) in [6, 6.07) is 10.6. The van der Waals surface area contributed by atoms with Crippen LogP contribution in [-0.2, 0) is 0 Å². The van der Waals surface area contributed by atoms with Crippen molar-refractivity contribution in [3.8, 4) is 6.07 Å². The van der Waals surface area contributed by atoms with Crippen LogP contribution in [0.4, 0.5) is 0 Å². The lowest BCUT2D eigenvalue weighted by Crippen LogP contribution is -2.32. The molecule has 0 saturated heterocycles. The molecule has 1 aromatic rings. The zero-order chi connectivity index (χ0) is 12.0. The van der Waals surface area contributed by atoms with Crippen molar-refractivity contribution in [1.29, 1.82) is 5.26 Å². The quantitative estimate of drug-likeness (QED) is 0.636. The Morgan fingerprint density at radius 2 is 2.12 bits per heavy atom. The van der Waals surface area contributed by atoms with Crippen LogP contribution in [0.5, 0.6) is 0 Å². The van der Waals surface area contributed by atoms with E-state index in [0.29, 0.717) is 17.1 Å². The van der Waals surface area contributed by atoms with Gasteiger partial charge >= 0.3 is 0 Å². The first-order valence-corrected chi connectivity index (χ1v) is 5.38. The molecule has 0 spiro atoms. The van der Waals surface area contributed by atoms with Crippen LogP contribution in [0.25, 0.3) is 0 Å². The van der Waals surface area contributed by atoms with E-state index < -0.39 is 5.92 Å². The standard InChI is InChI=1S/C12H12N2OS/c1-2-14-12(16)10(8-13)11(15)9-6-4-3-5-7-9/h3-7,10H,2H2,1H3,(H,14,16). The van der Waals surface area contributed by atoms with E-state index in [2.05, 4.69) is 5.32 Å². The van der Waals surface area contributed by atoms with Crippen LogP contribution in [0.1, 0.15) is 17.3 Å². The van der Waals surface area contributed by atoms with Gasteiger partial charge in [0.05, 0.1) is 6.07 Å². The molecule has 0 heterocycles. The molecule has 0 aromatic heterocycles. The molecule has 1 rings (SSSR count). The Balaban J connectivity index is 2.87. The van der Waals surface area contributed by atoms with Gasteiger partial charge in [0.25, 0.3) is 0 Å². The molecule has 0 bridgehead atoms. The van der Waals surface area contributed by atoms with E-state index in [9.17, 15) is 4.79 Å². The van der Waals surface area contributed by atoms with Gasteiger partial charge in [0.15, 0.2) is 11.7 Å². The van der Waals surface area contributed by atoms with E-state index in [0.717, 1.165) is 0 Å². The van der Waals surface area contributed by atoms with Gasteiger partial charge in [-0.2, -0.15) is 5.26 Å². The second kappa shape index (κ2) is 5.99. The Hall–Kier alpha value is -1.73. The summed E-state index contributed by atoms with van der Waals surface area (Å²) in [7, 11) is 0. The highest BCUT2D eigenvalue weighted by Crippen LogP contribution is 2.09. The van der Waals surface area contributed by atoms with E-state index in [-0.39, 0.29) is 5.78 Å². The van der Waals surface area contributed by atoms with Crippen LogP contribution < -0.4 is 5.32 Å². The second-order valence-corrected chi connectivity index (χ2v) is 3.63. The van der Waals surface area contributed by atoms with E-state index in [1.54, 1.807) is 24.3 Å². The van der Waals surface area contributed by atoms with Crippen LogP contribution in [0.3, 0.4) is 0 Å². The normalized spacial score (nSPS) is 11.2. The zero-order valence-electron chi connectivity index (χ0n) is 8.93. The third-order valence-corrected chi connectivity index (χ3v) is 2.44. The third-order valence-electron chi connectivity index (χ3n) is 2.06. The summed E-state index contributed by atoms with van der Waals surface area (Å²) in [6.07, 6.45) is 0. The molecule has 0 radical (unpaired) electrons. The van der Waals surface area contributed by atoms with Gasteiger partial charge in [0.1, 0.15) is 4.99 Å². The molecule has 4 heteroatoms. The van der Waals surface area contributed by atoms with E-state index >= 15 is 0 Å². The van der Waals surface area contributed by atoms with Crippen molar-refractivity contribution in [2.45, 2.75) is 6.92 Å². The van der Waals surface area contributed by atoms with Crippen molar-refractivity contribution in [3.63, 3.8) is 0 Å². The molecule has 0 aliphatic carbocycles. The van der Waals surface area contributed by atoms with Crippen molar-refractivity contribution >= 4 is 23.0 Å². The number of benzene rings is 1. The predicted molar refractivity (Wildman–Crippen MR) is 66.2 cm³/mol. The Morgan fingerprint density at radius 1 is 1.50 bits per heavy atom. The number of hydrogen-bond donors (Lipinski definition) is 1. The monoisotopic (exact) mass is 232 g/mol. The minimum absolute atomic E-state index is 0.256. The molecule has 0 fully saturated rings. The summed E-state index contributed by atoms with van der Waals surface area (Å²) in [6.45, 7) is 2.48. The number of nitriles is 1. The fraction of sp³-hybridized carbons (Fsp3) is 0.250. The van der Waals surface area contributed by atoms with Crippen LogP contribution >= 0.6 is 12.2 Å². The van der Waals surface area contributed by atoms with Crippen molar-refractivity contribution in [3.05, 3.63) is 35.9 Å². The molecule has 1 atom stereocenters. The summed E-state index contributed by atoms with van der Waals surface area (Å²) >= 11 is 5.00. The third kappa shape index (κ3) is 2.88. The summed E-state index contributed by atoms with van der Waals surface area (Å²) in [5, 5.41) is 11.8. The SMILES string of the molecule is CCNC(=S)C(C#N)C(=O)c1ccccc1. The maximum Gasteiger partial charge on any atom is 0.186 e. The highest BCUT2D eigenvalue weighted by atomic mass is 32.1. The lowest BCUT2D eigenvalue weighted by atomic mass is 9.99. The first kappa shape index (κ1) is 12.3. The molecule has 82 valence electrons. The molecule has 1 aromatic carbocycles. The summed E-state index contributed by atoms with van der Waals surface area (Å²) in [5.41, 5.74) is 0.509. The average Bonchev–Trinajstić information content (AvgIpc) is 2.31. The largest absolute Gasteiger partial charge is 0.378 e. The molecule has 0 aliphatic heterocycles. The van der Waals surface area contributed by atoms with Gasteiger partial charge in [-0.05, 0) is 6.92 Å². The van der Waals surface area contributed by atoms with Crippen molar-refractivity contribution in [2.75, 3.05) is 6.54 Å². The Bertz CT molecular complexity index is 422. The van der Waals surface area contributed by atoms with E-state index in [4.69, 9.17) is 17.5 Å². The Labute approximate surface area is 100 Å². The van der Waals surface area contributed by atoms with Gasteiger partial charge in [0, 0.05) is 12.1 Å². The number of nitrogens with one attached hydrogen (secondary N) is 1. The molecular weight excluding hydrogens is 220 g/mol. The van der Waals surface area contributed by atoms with Crippen molar-refractivity contribution in [1.82, 2.24) is 5.32 Å². The number of rotatable bonds is 4. The van der Waals surface area contributed by atoms with Gasteiger partial charge < -0.3 is 5.32 Å². The molecule has 16 heavy (non-hydrogen) atoms. The smallest absolute Gasteiger partial charge is 0.186 e. The van der Waals surface area contributed by atoms with Crippen molar-refractivity contribution in [2.24, 2.45) is 5.92 Å². The number of carbonyl (C=O) groups excluding carboxylic acids is 1. The van der Waals surface area contributed by atoms with E-state index in [1.807, 2.05) is 19.1 Å². The molecule has 0 saturated carbocycles. The maximum absolute atomic E-state index is 11.9. The fourth-order valence-electron chi connectivity index (χ4n) is 1.28. The summed E-state index contributed by atoms with van der Waals surface area (Å²) < 4.78 is 0. The Morgan fingerprint density at radius 3 is 2.62 bits per heavy atom. The van der Waals surface area contributed by atoms with Gasteiger partial charge in [-0.3, -0.25) is 4.79 Å². The minimum atomic E-state index is -0.891. The zero-order valence-corrected chi connectivity index (χ0v) is 9.75. The predicted octanol–water partition coefficient (Wildman–Crippen LogP) is 1.95. The van der Waals surface area contributed by atoms with Crippen LogP contribution in [0.2, 0.25) is 0 Å². The topological polar surface area (TPSA) is 52.9 Å². The van der Waals surface area contributed by atoms with Crippen LogP contribution in [-0.4, -0.2) is 17.3 Å². The van der Waals surface area contributed by atoms with Gasteiger partial charge in [-0.25, -0.2) is 0 Å². The van der Waals surface area contributed by atoms with Crippen LogP contribution in [0.15, 0.2) is 30.3 Å². The highest BCUT2D eigenvalue weighted by Gasteiger charge is 2.23. The number of Topliss-reactive ketones (excluding diaryl/α,β-unsaturated/α-hetero) is 1. The minimum Gasteiger partial charge on any atom is -0.378 e. The lowest BCUT2D eigenvalue weighted by molar-refractivity contribution is 0.0975. The average molecular weight is 232 g/mol. The number of carbonyl (C=O) groups is 1. The molecule has 1 N–H and O–H groups in total. The highest BCUT2D eigenvalue weighted by molar-refractivity contribution is 7.80. The number of nitrogens with zero attached hydrogens (tertiary/aromatic N) is 1. The van der Waals surface area contributed by atoms with E-state index in [1.165, 1.54) is 0 Å². The van der Waals surface area contributed by atoms with Gasteiger partial charge in [0.2, 0.25) is 0 Å². The van der Waals surface area contributed by atoms with Gasteiger partial charge in [-0.1, -0.05) is 42.5 Å². The van der Waals surface area contributed by atoms with Gasteiger partial charge in [-0.15, -0.1) is 0 Å². The molecule has 1 unspecified atom stereocenters. The van der Waals surface area contributed by atoms with Crippen LogP contribution in [0, 0.1) is 17.2 Å². The second-order valence-electron chi connectivity index (χ2n) is 3.19. The molecular formula is C12H12N2OS. The first-order chi connectivity index (χ1) is 7.70. The fourth-order valence-corrected chi connectivity index (χ4v) is 1.59. The lowest BCUT2D eigenvalue weighted by Gasteiger charge is -2.10. The molecule has 0 amide bonds. The maximum atomic E-state index is 11.9.